The Morgan fingerprint density at radius 1 is 1.03 bits per heavy atom. The molecule has 33 heavy (non-hydrogen) atoms. The average Bonchev–Trinajstić information content (AvgIpc) is 3.02. The van der Waals surface area contributed by atoms with E-state index in [0.717, 1.165) is 19.3 Å². The van der Waals surface area contributed by atoms with Crippen molar-refractivity contribution in [2.24, 2.45) is 23.2 Å². The highest BCUT2D eigenvalue weighted by atomic mass is 16.5. The molecule has 5 aliphatic rings. The first kappa shape index (κ1) is 22.3. The first-order valence-electron chi connectivity index (χ1n) is 12.1. The normalized spacial score (nSPS) is 30.5. The van der Waals surface area contributed by atoms with Crippen LogP contribution in [0.1, 0.15) is 82.9 Å². The molecule has 4 bridgehead atoms. The van der Waals surface area contributed by atoms with E-state index in [1.165, 1.54) is 42.4 Å². The number of benzene rings is 1. The second-order valence-corrected chi connectivity index (χ2v) is 10.5. The van der Waals surface area contributed by atoms with Crippen LogP contribution in [-0.2, 0) is 14.3 Å². The highest BCUT2D eigenvalue weighted by Crippen LogP contribution is 2.60. The van der Waals surface area contributed by atoms with E-state index in [1.54, 1.807) is 14.0 Å². The summed E-state index contributed by atoms with van der Waals surface area (Å²) < 4.78 is 10.6. The topological polar surface area (TPSA) is 90.0 Å². The fourth-order valence-electron chi connectivity index (χ4n) is 7.11. The van der Waals surface area contributed by atoms with E-state index in [-0.39, 0.29) is 40.3 Å². The lowest BCUT2D eigenvalue weighted by molar-refractivity contribution is -0.152. The summed E-state index contributed by atoms with van der Waals surface area (Å²) in [7, 11) is 1.56. The minimum atomic E-state index is -0.829. The largest absolute Gasteiger partial charge is 0.451 e. The van der Waals surface area contributed by atoms with Crippen molar-refractivity contribution < 1.29 is 28.7 Å². The summed E-state index contributed by atoms with van der Waals surface area (Å²) in [6.45, 7) is 2.37. The summed E-state index contributed by atoms with van der Waals surface area (Å²) in [5.41, 5.74) is 0.328. The van der Waals surface area contributed by atoms with Gasteiger partial charge in [-0.25, -0.2) is 4.79 Å². The molecule has 0 saturated heterocycles. The lowest BCUT2D eigenvalue weighted by Gasteiger charge is -2.56. The third kappa shape index (κ3) is 3.80. The molecule has 0 spiro atoms. The predicted octanol–water partition coefficient (Wildman–Crippen LogP) is 3.65. The van der Waals surface area contributed by atoms with Crippen LogP contribution in [0.3, 0.4) is 0 Å². The maximum atomic E-state index is 13.4. The van der Waals surface area contributed by atoms with Crippen LogP contribution in [0.5, 0.6) is 0 Å². The van der Waals surface area contributed by atoms with Gasteiger partial charge < -0.3 is 9.47 Å². The molecule has 4 saturated carbocycles. The van der Waals surface area contributed by atoms with Crippen LogP contribution in [0.4, 0.5) is 0 Å². The summed E-state index contributed by atoms with van der Waals surface area (Å²) >= 11 is 0. The maximum absolute atomic E-state index is 13.4. The van der Waals surface area contributed by atoms with Gasteiger partial charge in [-0.1, -0.05) is 0 Å². The second kappa shape index (κ2) is 8.35. The fraction of sp³-hybridized carbons (Fsp3) is 0.615. The number of esters is 1. The molecule has 1 heterocycles. The van der Waals surface area contributed by atoms with Crippen LogP contribution < -0.4 is 0 Å². The number of rotatable bonds is 8. The van der Waals surface area contributed by atoms with Gasteiger partial charge in [-0.3, -0.25) is 19.3 Å². The fourth-order valence-corrected chi connectivity index (χ4v) is 7.11. The number of fused-ring (bicyclic) bond motifs is 1. The summed E-state index contributed by atoms with van der Waals surface area (Å²) in [4.78, 5) is 52.7. The van der Waals surface area contributed by atoms with Gasteiger partial charge in [-0.05, 0) is 87.8 Å². The van der Waals surface area contributed by atoms with E-state index in [4.69, 9.17) is 9.47 Å². The molecular weight excluding hydrogens is 422 g/mol. The first-order valence-corrected chi connectivity index (χ1v) is 12.1. The molecule has 7 nitrogen and oxygen atoms in total. The van der Waals surface area contributed by atoms with Crippen LogP contribution >= 0.6 is 0 Å². The molecule has 1 aromatic carbocycles. The Bertz CT molecular complexity index is 979. The highest BCUT2D eigenvalue weighted by Gasteiger charge is 2.55. The van der Waals surface area contributed by atoms with Crippen molar-refractivity contribution in [3.8, 4) is 0 Å². The predicted molar refractivity (Wildman–Crippen MR) is 119 cm³/mol. The van der Waals surface area contributed by atoms with Crippen molar-refractivity contribution in [3.05, 3.63) is 34.9 Å². The van der Waals surface area contributed by atoms with Crippen LogP contribution in [0.2, 0.25) is 0 Å². The number of hydrogen-bond acceptors (Lipinski definition) is 6. The summed E-state index contributed by atoms with van der Waals surface area (Å²) in [6.07, 6.45) is 6.21. The highest BCUT2D eigenvalue weighted by molar-refractivity contribution is 6.22. The van der Waals surface area contributed by atoms with Crippen molar-refractivity contribution in [1.29, 1.82) is 0 Å². The zero-order chi connectivity index (χ0) is 23.3. The van der Waals surface area contributed by atoms with Crippen LogP contribution in [0.25, 0.3) is 0 Å². The Hall–Kier alpha value is -2.54. The summed E-state index contributed by atoms with van der Waals surface area (Å²) in [6, 6.07) is 4.40. The van der Waals surface area contributed by atoms with E-state index in [2.05, 4.69) is 0 Å². The zero-order valence-electron chi connectivity index (χ0n) is 19.3. The number of hydrogen-bond donors (Lipinski definition) is 0. The number of carbonyl (C=O) groups is 4. The standard InChI is InChI=1S/C26H31NO6/c1-15(22(28)26-12-16-8-17(13-26)10-18(9-16)14-26)33-25(31)19-4-5-20-21(11-19)24(30)27(23(20)29)6-3-7-32-2/h4-5,11,15-18H,3,6-10,12-14H2,1-2H3. The third-order valence-electron chi connectivity index (χ3n) is 8.15. The smallest absolute Gasteiger partial charge is 0.338 e. The maximum Gasteiger partial charge on any atom is 0.338 e. The number of ether oxygens (including phenoxy) is 2. The Kier molecular flexibility index (Phi) is 5.63. The quantitative estimate of drug-likeness (QED) is 0.339. The zero-order valence-corrected chi connectivity index (χ0v) is 19.3. The molecule has 0 aromatic heterocycles. The number of imide groups is 1. The summed E-state index contributed by atoms with van der Waals surface area (Å²) in [5.74, 6) is 0.531. The molecule has 2 amide bonds. The molecule has 7 heteroatoms. The molecule has 0 N–H and O–H groups in total. The van der Waals surface area contributed by atoms with Crippen molar-refractivity contribution in [2.45, 2.75) is 58.0 Å². The van der Waals surface area contributed by atoms with Gasteiger partial charge >= 0.3 is 5.97 Å². The third-order valence-corrected chi connectivity index (χ3v) is 8.15. The van der Waals surface area contributed by atoms with Gasteiger partial charge in [0.2, 0.25) is 0 Å². The molecule has 1 unspecified atom stereocenters. The van der Waals surface area contributed by atoms with E-state index >= 15 is 0 Å². The second-order valence-electron chi connectivity index (χ2n) is 10.5. The number of nitrogens with zero attached hydrogens (tertiary/aromatic N) is 1. The molecule has 6 rings (SSSR count). The van der Waals surface area contributed by atoms with E-state index in [0.29, 0.717) is 30.8 Å². The number of methoxy groups -OCH3 is 1. The number of amides is 2. The lowest BCUT2D eigenvalue weighted by atomic mass is 9.48. The van der Waals surface area contributed by atoms with Gasteiger partial charge in [0.05, 0.1) is 16.7 Å². The van der Waals surface area contributed by atoms with E-state index in [1.807, 2.05) is 0 Å². The number of carbonyl (C=O) groups excluding carboxylic acids is 4. The minimum Gasteiger partial charge on any atom is -0.451 e. The van der Waals surface area contributed by atoms with Crippen molar-refractivity contribution in [1.82, 2.24) is 4.90 Å². The van der Waals surface area contributed by atoms with Crippen molar-refractivity contribution in [2.75, 3.05) is 20.3 Å². The van der Waals surface area contributed by atoms with Gasteiger partial charge in [0.25, 0.3) is 11.8 Å². The SMILES string of the molecule is COCCCN1C(=O)c2ccc(C(=O)OC(C)C(=O)C34CC5CC(CC(C5)C3)C4)cc2C1=O. The Balaban J connectivity index is 1.27. The Labute approximate surface area is 193 Å². The van der Waals surface area contributed by atoms with Gasteiger partial charge in [0.15, 0.2) is 11.9 Å². The Morgan fingerprint density at radius 3 is 2.24 bits per heavy atom. The minimum absolute atomic E-state index is 0.0479. The summed E-state index contributed by atoms with van der Waals surface area (Å²) in [5, 5.41) is 0. The molecule has 1 atom stereocenters. The molecule has 176 valence electrons. The van der Waals surface area contributed by atoms with Gasteiger partial charge in [-0.2, -0.15) is 0 Å². The molecule has 4 fully saturated rings. The number of ketones is 1. The van der Waals surface area contributed by atoms with Gasteiger partial charge in [-0.15, -0.1) is 0 Å². The Morgan fingerprint density at radius 2 is 1.64 bits per heavy atom. The lowest BCUT2D eigenvalue weighted by Crippen LogP contribution is -2.52. The van der Waals surface area contributed by atoms with Crippen LogP contribution in [0, 0.1) is 23.2 Å². The molecule has 0 radical (unpaired) electrons. The van der Waals surface area contributed by atoms with Gasteiger partial charge in [0.1, 0.15) is 0 Å². The molecule has 4 aliphatic carbocycles. The molecular formula is C26H31NO6. The van der Waals surface area contributed by atoms with Crippen molar-refractivity contribution in [3.63, 3.8) is 0 Å². The van der Waals surface area contributed by atoms with Crippen LogP contribution in [0.15, 0.2) is 18.2 Å². The van der Waals surface area contributed by atoms with Gasteiger partial charge in [0, 0.05) is 25.7 Å². The number of Topliss-reactive ketones (excluding diaryl/α,β-unsaturated/α-hetero) is 1. The average molecular weight is 454 g/mol. The van der Waals surface area contributed by atoms with E-state index < -0.39 is 18.0 Å². The molecule has 1 aromatic rings. The molecule has 1 aliphatic heterocycles. The van der Waals surface area contributed by atoms with Crippen LogP contribution in [-0.4, -0.2) is 54.8 Å². The van der Waals surface area contributed by atoms with E-state index in [9.17, 15) is 19.2 Å². The first-order chi connectivity index (χ1) is 15.8. The monoisotopic (exact) mass is 453 g/mol. The van der Waals surface area contributed by atoms with Crippen molar-refractivity contribution >= 4 is 23.6 Å².